The number of carbonyl (C=O) groups excluding carboxylic acids is 4. The van der Waals surface area contributed by atoms with Gasteiger partial charge in [-0.05, 0) is 81.2 Å². The van der Waals surface area contributed by atoms with Crippen LogP contribution in [0.2, 0.25) is 0 Å². The lowest BCUT2D eigenvalue weighted by Gasteiger charge is -2.19. The van der Waals surface area contributed by atoms with Crippen molar-refractivity contribution in [3.8, 4) is 0 Å². The van der Waals surface area contributed by atoms with E-state index in [0.29, 0.717) is 49.9 Å². The van der Waals surface area contributed by atoms with Crippen molar-refractivity contribution in [1.29, 1.82) is 0 Å². The SMILES string of the molecule is CCCC(Cc1ccccc1)OC(=O)c1ccccc1C(=O)NCCCN(C)CCCNC(=O)c1ccccc1C(=O)OC(CCC)Cc1ccccc1. The monoisotopic (exact) mass is 733 g/mol. The molecule has 2 amide bonds. The largest absolute Gasteiger partial charge is 0.458 e. The standard InChI is InChI=1S/C45H55N3O6/c1-4-18-36(32-34-20-8-6-9-21-34)53-44(51)40-26-14-12-24-38(40)42(49)46-28-16-30-48(3)31-17-29-47-43(50)39-25-13-15-27-41(39)45(52)54-37(19-5-2)33-35-22-10-7-11-23-35/h6-15,20-27,36-37H,4-5,16-19,28-33H2,1-3H3,(H,46,49)(H,47,50). The Hall–Kier alpha value is -5.28. The summed E-state index contributed by atoms with van der Waals surface area (Å²) in [6.45, 7) is 6.45. The molecule has 4 aromatic carbocycles. The van der Waals surface area contributed by atoms with Crippen molar-refractivity contribution in [3.05, 3.63) is 143 Å². The van der Waals surface area contributed by atoms with Crippen LogP contribution in [0.4, 0.5) is 0 Å². The number of benzene rings is 4. The van der Waals surface area contributed by atoms with Gasteiger partial charge in [-0.3, -0.25) is 9.59 Å². The maximum Gasteiger partial charge on any atom is 0.339 e. The molecular formula is C45H55N3O6. The van der Waals surface area contributed by atoms with Crippen LogP contribution < -0.4 is 10.6 Å². The van der Waals surface area contributed by atoms with Gasteiger partial charge in [0.25, 0.3) is 11.8 Å². The fourth-order valence-electron chi connectivity index (χ4n) is 6.36. The normalized spacial score (nSPS) is 12.1. The van der Waals surface area contributed by atoms with Crippen LogP contribution in [-0.4, -0.2) is 74.1 Å². The average Bonchev–Trinajstić information content (AvgIpc) is 3.19. The zero-order chi connectivity index (χ0) is 38.5. The molecule has 0 radical (unpaired) electrons. The van der Waals surface area contributed by atoms with Crippen molar-refractivity contribution >= 4 is 23.8 Å². The minimum Gasteiger partial charge on any atom is -0.458 e. The number of esters is 2. The third-order valence-corrected chi connectivity index (χ3v) is 9.17. The Morgan fingerprint density at radius 1 is 0.537 bits per heavy atom. The highest BCUT2D eigenvalue weighted by Crippen LogP contribution is 2.18. The van der Waals surface area contributed by atoms with Gasteiger partial charge in [-0.25, -0.2) is 9.59 Å². The lowest BCUT2D eigenvalue weighted by molar-refractivity contribution is 0.0270. The van der Waals surface area contributed by atoms with Gasteiger partial charge in [0.15, 0.2) is 0 Å². The Morgan fingerprint density at radius 3 is 1.26 bits per heavy atom. The van der Waals surface area contributed by atoms with E-state index in [9.17, 15) is 19.2 Å². The molecule has 2 N–H and O–H groups in total. The number of rotatable bonds is 22. The van der Waals surface area contributed by atoms with Crippen LogP contribution in [0, 0.1) is 0 Å². The van der Waals surface area contributed by atoms with E-state index in [4.69, 9.17) is 9.47 Å². The maximum absolute atomic E-state index is 13.2. The molecule has 4 aromatic rings. The zero-order valence-electron chi connectivity index (χ0n) is 31.9. The molecule has 9 heteroatoms. The van der Waals surface area contributed by atoms with E-state index in [2.05, 4.69) is 29.4 Å². The van der Waals surface area contributed by atoms with Crippen molar-refractivity contribution in [1.82, 2.24) is 15.5 Å². The summed E-state index contributed by atoms with van der Waals surface area (Å²) in [5, 5.41) is 5.89. The summed E-state index contributed by atoms with van der Waals surface area (Å²) in [4.78, 5) is 54.8. The smallest absolute Gasteiger partial charge is 0.339 e. The summed E-state index contributed by atoms with van der Waals surface area (Å²) in [5.74, 6) is -1.62. The van der Waals surface area contributed by atoms with E-state index in [1.165, 1.54) is 0 Å². The maximum atomic E-state index is 13.2. The van der Waals surface area contributed by atoms with Gasteiger partial charge in [0, 0.05) is 25.9 Å². The first-order chi connectivity index (χ1) is 26.3. The highest BCUT2D eigenvalue weighted by molar-refractivity contribution is 6.06. The molecule has 0 fully saturated rings. The first kappa shape index (κ1) is 41.5. The Labute approximate surface area is 320 Å². The fourth-order valence-corrected chi connectivity index (χ4v) is 6.36. The zero-order valence-corrected chi connectivity index (χ0v) is 31.9. The third kappa shape index (κ3) is 13.6. The van der Waals surface area contributed by atoms with Crippen LogP contribution in [0.25, 0.3) is 0 Å². The van der Waals surface area contributed by atoms with Gasteiger partial charge >= 0.3 is 11.9 Å². The van der Waals surface area contributed by atoms with Gasteiger partial charge in [-0.2, -0.15) is 0 Å². The lowest BCUT2D eigenvalue weighted by atomic mass is 10.0. The van der Waals surface area contributed by atoms with E-state index >= 15 is 0 Å². The quantitative estimate of drug-likeness (QED) is 0.0629. The van der Waals surface area contributed by atoms with E-state index in [1.54, 1.807) is 48.5 Å². The summed E-state index contributed by atoms with van der Waals surface area (Å²) < 4.78 is 11.8. The van der Waals surface area contributed by atoms with Crippen LogP contribution in [-0.2, 0) is 22.3 Å². The van der Waals surface area contributed by atoms with Gasteiger partial charge in [0.1, 0.15) is 12.2 Å². The topological polar surface area (TPSA) is 114 Å². The molecule has 286 valence electrons. The predicted octanol–water partition coefficient (Wildman–Crippen LogP) is 7.69. The molecule has 54 heavy (non-hydrogen) atoms. The van der Waals surface area contributed by atoms with Crippen LogP contribution >= 0.6 is 0 Å². The number of nitrogens with zero attached hydrogens (tertiary/aromatic N) is 1. The van der Waals surface area contributed by atoms with Crippen LogP contribution in [0.5, 0.6) is 0 Å². The van der Waals surface area contributed by atoms with Crippen LogP contribution in [0.3, 0.4) is 0 Å². The molecule has 9 nitrogen and oxygen atoms in total. The molecule has 0 saturated heterocycles. The minimum atomic E-state index is -0.496. The summed E-state index contributed by atoms with van der Waals surface area (Å²) in [7, 11) is 1.99. The molecular weight excluding hydrogens is 679 g/mol. The van der Waals surface area contributed by atoms with Crippen molar-refractivity contribution in [2.45, 2.75) is 77.4 Å². The number of nitrogens with one attached hydrogen (secondary N) is 2. The van der Waals surface area contributed by atoms with Crippen LogP contribution in [0.15, 0.2) is 109 Å². The first-order valence-corrected chi connectivity index (χ1v) is 19.2. The molecule has 2 unspecified atom stereocenters. The second kappa shape index (κ2) is 22.7. The van der Waals surface area contributed by atoms with E-state index in [-0.39, 0.29) is 35.1 Å². The number of hydrogen-bond donors (Lipinski definition) is 2. The molecule has 2 atom stereocenters. The summed E-state index contributed by atoms with van der Waals surface area (Å²) in [5.41, 5.74) is 3.30. The molecule has 0 aromatic heterocycles. The average molecular weight is 734 g/mol. The molecule has 0 aliphatic rings. The molecule has 0 spiro atoms. The van der Waals surface area contributed by atoms with Gasteiger partial charge in [0.05, 0.1) is 22.3 Å². The molecule has 0 aliphatic heterocycles. The Morgan fingerprint density at radius 2 is 0.889 bits per heavy atom. The predicted molar refractivity (Wildman–Crippen MR) is 213 cm³/mol. The molecule has 0 aliphatic carbocycles. The van der Waals surface area contributed by atoms with Gasteiger partial charge in [-0.1, -0.05) is 112 Å². The third-order valence-electron chi connectivity index (χ3n) is 9.17. The second-order valence-electron chi connectivity index (χ2n) is 13.6. The molecule has 0 heterocycles. The molecule has 4 rings (SSSR count). The number of carbonyl (C=O) groups is 4. The number of ether oxygens (including phenoxy) is 2. The Bertz CT molecular complexity index is 1630. The number of amides is 2. The van der Waals surface area contributed by atoms with E-state index in [0.717, 1.165) is 49.9 Å². The highest BCUT2D eigenvalue weighted by atomic mass is 16.5. The van der Waals surface area contributed by atoms with Gasteiger partial charge in [-0.15, -0.1) is 0 Å². The van der Waals surface area contributed by atoms with Gasteiger partial charge in [0.2, 0.25) is 0 Å². The van der Waals surface area contributed by atoms with Crippen LogP contribution in [0.1, 0.15) is 105 Å². The highest BCUT2D eigenvalue weighted by Gasteiger charge is 2.23. The molecule has 0 saturated carbocycles. The Balaban J connectivity index is 1.18. The Kier molecular flexibility index (Phi) is 17.4. The van der Waals surface area contributed by atoms with E-state index in [1.807, 2.05) is 67.7 Å². The second-order valence-corrected chi connectivity index (χ2v) is 13.6. The van der Waals surface area contributed by atoms with Crippen molar-refractivity contribution in [2.75, 3.05) is 33.2 Å². The minimum absolute atomic E-state index is 0.256. The van der Waals surface area contributed by atoms with Crippen molar-refractivity contribution in [3.63, 3.8) is 0 Å². The summed E-state index contributed by atoms with van der Waals surface area (Å²) >= 11 is 0. The van der Waals surface area contributed by atoms with Gasteiger partial charge < -0.3 is 25.0 Å². The lowest BCUT2D eigenvalue weighted by Crippen LogP contribution is -2.32. The summed E-state index contributed by atoms with van der Waals surface area (Å²) in [6.07, 6.45) is 5.30. The fraction of sp³-hybridized carbons (Fsp3) is 0.378. The van der Waals surface area contributed by atoms with E-state index < -0.39 is 11.9 Å². The first-order valence-electron chi connectivity index (χ1n) is 19.2. The van der Waals surface area contributed by atoms with Crippen molar-refractivity contribution in [2.24, 2.45) is 0 Å². The number of hydrogen-bond acceptors (Lipinski definition) is 7. The molecule has 0 bridgehead atoms. The van der Waals surface area contributed by atoms with Crippen molar-refractivity contribution < 1.29 is 28.7 Å². The summed E-state index contributed by atoms with van der Waals surface area (Å²) in [6, 6.07) is 33.4.